The van der Waals surface area contributed by atoms with E-state index >= 15 is 0 Å². The summed E-state index contributed by atoms with van der Waals surface area (Å²) in [6.45, 7) is 2.98. The zero-order valence-electron chi connectivity index (χ0n) is 10.7. The number of rotatable bonds is 5. The Kier molecular flexibility index (Phi) is 4.88. The third kappa shape index (κ3) is 3.81. The molecule has 0 saturated carbocycles. The van der Waals surface area contributed by atoms with Crippen LogP contribution in [0.25, 0.3) is 0 Å². The van der Waals surface area contributed by atoms with E-state index in [1.54, 1.807) is 6.92 Å². The van der Waals surface area contributed by atoms with Crippen molar-refractivity contribution in [2.45, 2.75) is 24.0 Å². The lowest BCUT2D eigenvalue weighted by atomic mass is 10.2. The summed E-state index contributed by atoms with van der Waals surface area (Å²) >= 11 is 11.4. The van der Waals surface area contributed by atoms with E-state index in [9.17, 15) is 8.42 Å². The molecule has 9 heteroatoms. The number of sulfonamides is 1. The van der Waals surface area contributed by atoms with Crippen molar-refractivity contribution in [2.24, 2.45) is 0 Å². The van der Waals surface area contributed by atoms with Gasteiger partial charge in [-0.25, -0.2) is 18.1 Å². The molecule has 112 valence electrons. The second kappa shape index (κ2) is 6.13. The second-order valence-electron chi connectivity index (χ2n) is 4.42. The lowest BCUT2D eigenvalue weighted by Gasteiger charge is -2.22. The highest BCUT2D eigenvalue weighted by molar-refractivity contribution is 7.89. The van der Waals surface area contributed by atoms with Crippen LogP contribution in [-0.4, -0.2) is 38.9 Å². The van der Waals surface area contributed by atoms with Gasteiger partial charge in [-0.15, -0.1) is 0 Å². The van der Waals surface area contributed by atoms with Gasteiger partial charge in [-0.05, 0) is 13.0 Å². The van der Waals surface area contributed by atoms with Crippen molar-refractivity contribution in [1.29, 1.82) is 0 Å². The number of ether oxygens (including phenoxy) is 2. The van der Waals surface area contributed by atoms with Gasteiger partial charge in [0.1, 0.15) is 10.0 Å². The van der Waals surface area contributed by atoms with Gasteiger partial charge < -0.3 is 9.47 Å². The minimum Gasteiger partial charge on any atom is -0.348 e. The highest BCUT2D eigenvalue weighted by atomic mass is 35.5. The van der Waals surface area contributed by atoms with E-state index in [4.69, 9.17) is 32.7 Å². The van der Waals surface area contributed by atoms with Gasteiger partial charge in [0.05, 0.1) is 18.2 Å². The molecule has 20 heavy (non-hydrogen) atoms. The third-order valence-corrected chi connectivity index (χ3v) is 4.96. The van der Waals surface area contributed by atoms with Crippen LogP contribution in [0.3, 0.4) is 0 Å². The molecule has 0 spiro atoms. The van der Waals surface area contributed by atoms with E-state index < -0.39 is 15.8 Å². The van der Waals surface area contributed by atoms with Crippen LogP contribution in [0.4, 0.5) is 0 Å². The zero-order valence-corrected chi connectivity index (χ0v) is 13.1. The molecule has 0 radical (unpaired) electrons. The molecular formula is C11H14Cl2N2O4S. The van der Waals surface area contributed by atoms with Crippen LogP contribution < -0.4 is 4.72 Å². The van der Waals surface area contributed by atoms with Gasteiger partial charge in [0.2, 0.25) is 10.0 Å². The van der Waals surface area contributed by atoms with E-state index in [2.05, 4.69) is 9.71 Å². The monoisotopic (exact) mass is 340 g/mol. The van der Waals surface area contributed by atoms with Crippen molar-refractivity contribution in [3.05, 3.63) is 22.4 Å². The fourth-order valence-electron chi connectivity index (χ4n) is 1.75. The summed E-state index contributed by atoms with van der Waals surface area (Å²) in [5.74, 6) is -0.738. The molecule has 1 aromatic heterocycles. The lowest BCUT2D eigenvalue weighted by Crippen LogP contribution is -2.33. The topological polar surface area (TPSA) is 77.5 Å². The molecule has 0 aromatic carbocycles. The lowest BCUT2D eigenvalue weighted by molar-refractivity contribution is -0.145. The van der Waals surface area contributed by atoms with Crippen molar-refractivity contribution in [3.63, 3.8) is 0 Å². The molecule has 2 heterocycles. The van der Waals surface area contributed by atoms with Crippen molar-refractivity contribution >= 4 is 33.2 Å². The van der Waals surface area contributed by atoms with E-state index in [-0.39, 0.29) is 21.6 Å². The quantitative estimate of drug-likeness (QED) is 0.827. The van der Waals surface area contributed by atoms with E-state index in [0.29, 0.717) is 19.6 Å². The standard InChI is InChI=1S/C11H14Cl2N2O4S/c1-11(18-4-5-19-11)2-3-15-20(16,17)8-6-9(12)10(13)14-7-8/h6-7,15H,2-5H2,1H3. The predicted molar refractivity (Wildman–Crippen MR) is 74.4 cm³/mol. The smallest absolute Gasteiger partial charge is 0.242 e. The zero-order chi connectivity index (χ0) is 14.8. The maximum atomic E-state index is 12.0. The Morgan fingerprint density at radius 3 is 2.65 bits per heavy atom. The van der Waals surface area contributed by atoms with Crippen molar-refractivity contribution in [3.8, 4) is 0 Å². The van der Waals surface area contributed by atoms with Gasteiger partial charge in [-0.2, -0.15) is 0 Å². The molecule has 1 aliphatic rings. The first kappa shape index (κ1) is 15.9. The van der Waals surface area contributed by atoms with Crippen LogP contribution in [0.1, 0.15) is 13.3 Å². The predicted octanol–water partition coefficient (Wildman–Crippen LogP) is 1.82. The molecule has 1 aliphatic heterocycles. The molecule has 1 N–H and O–H groups in total. The highest BCUT2D eigenvalue weighted by Crippen LogP contribution is 2.23. The summed E-state index contributed by atoms with van der Waals surface area (Å²) in [4.78, 5) is 3.67. The second-order valence-corrected chi connectivity index (χ2v) is 6.95. The molecule has 0 bridgehead atoms. The number of pyridine rings is 1. The van der Waals surface area contributed by atoms with Crippen LogP contribution in [0.2, 0.25) is 10.2 Å². The van der Waals surface area contributed by atoms with Crippen LogP contribution in [0.5, 0.6) is 0 Å². The summed E-state index contributed by atoms with van der Waals surface area (Å²) in [6, 6.07) is 1.25. The molecule has 1 aromatic rings. The van der Waals surface area contributed by atoms with Crippen LogP contribution in [-0.2, 0) is 19.5 Å². The molecule has 2 rings (SSSR count). The van der Waals surface area contributed by atoms with Gasteiger partial charge in [-0.3, -0.25) is 0 Å². The average Bonchev–Trinajstić information content (AvgIpc) is 2.79. The number of aromatic nitrogens is 1. The first-order chi connectivity index (χ1) is 9.32. The number of hydrogen-bond acceptors (Lipinski definition) is 5. The number of halogens is 2. The van der Waals surface area contributed by atoms with Crippen LogP contribution >= 0.6 is 23.2 Å². The van der Waals surface area contributed by atoms with Gasteiger partial charge in [0, 0.05) is 19.2 Å². The van der Waals surface area contributed by atoms with Crippen LogP contribution in [0.15, 0.2) is 17.2 Å². The fourth-order valence-corrected chi connectivity index (χ4v) is 3.08. The number of nitrogens with zero attached hydrogens (tertiary/aromatic N) is 1. The largest absolute Gasteiger partial charge is 0.348 e. The van der Waals surface area contributed by atoms with Crippen molar-refractivity contribution < 1.29 is 17.9 Å². The Balaban J connectivity index is 1.98. The average molecular weight is 341 g/mol. The summed E-state index contributed by atoms with van der Waals surface area (Å²) in [6.07, 6.45) is 1.56. The summed E-state index contributed by atoms with van der Waals surface area (Å²) in [7, 11) is -3.68. The fraction of sp³-hybridized carbons (Fsp3) is 0.545. The normalized spacial score (nSPS) is 18.4. The molecule has 1 saturated heterocycles. The number of nitrogens with one attached hydrogen (secondary N) is 1. The van der Waals surface area contributed by atoms with Gasteiger partial charge in [0.25, 0.3) is 0 Å². The Morgan fingerprint density at radius 1 is 1.40 bits per heavy atom. The first-order valence-electron chi connectivity index (χ1n) is 5.91. The number of hydrogen-bond donors (Lipinski definition) is 1. The van der Waals surface area contributed by atoms with Gasteiger partial charge in [0.15, 0.2) is 5.79 Å². The molecule has 1 fully saturated rings. The Hall–Kier alpha value is -0.440. The van der Waals surface area contributed by atoms with E-state index in [0.717, 1.165) is 6.20 Å². The SMILES string of the molecule is CC1(CCNS(=O)(=O)c2cnc(Cl)c(Cl)c2)OCCO1. The Labute approximate surface area is 127 Å². The van der Waals surface area contributed by atoms with Crippen molar-refractivity contribution in [1.82, 2.24) is 9.71 Å². The summed E-state index contributed by atoms with van der Waals surface area (Å²) in [5.41, 5.74) is 0. The molecule has 0 aliphatic carbocycles. The molecule has 0 amide bonds. The molecular weight excluding hydrogens is 327 g/mol. The van der Waals surface area contributed by atoms with Crippen molar-refractivity contribution in [2.75, 3.05) is 19.8 Å². The maximum Gasteiger partial charge on any atom is 0.242 e. The minimum absolute atomic E-state index is 0.0367. The summed E-state index contributed by atoms with van der Waals surface area (Å²) < 4.78 is 37.3. The third-order valence-electron chi connectivity index (χ3n) is 2.85. The molecule has 0 atom stereocenters. The maximum absolute atomic E-state index is 12.0. The van der Waals surface area contributed by atoms with Gasteiger partial charge in [-0.1, -0.05) is 23.2 Å². The Bertz CT molecular complexity index is 588. The highest BCUT2D eigenvalue weighted by Gasteiger charge is 2.31. The van der Waals surface area contributed by atoms with Crippen LogP contribution in [0, 0.1) is 0 Å². The van der Waals surface area contributed by atoms with Gasteiger partial charge >= 0.3 is 0 Å². The molecule has 0 unspecified atom stereocenters. The summed E-state index contributed by atoms with van der Waals surface area (Å²) in [5, 5.41) is 0.148. The minimum atomic E-state index is -3.68. The molecule has 6 nitrogen and oxygen atoms in total. The Morgan fingerprint density at radius 2 is 2.05 bits per heavy atom. The first-order valence-corrected chi connectivity index (χ1v) is 8.15. The van der Waals surface area contributed by atoms with E-state index in [1.165, 1.54) is 6.07 Å². The van der Waals surface area contributed by atoms with E-state index in [1.807, 2.05) is 0 Å².